The van der Waals surface area contributed by atoms with Crippen LogP contribution < -0.4 is 10.1 Å². The molecule has 0 bridgehead atoms. The van der Waals surface area contributed by atoms with Crippen molar-refractivity contribution in [3.05, 3.63) is 29.8 Å². The van der Waals surface area contributed by atoms with Crippen molar-refractivity contribution in [1.29, 1.82) is 0 Å². The number of rotatable bonds is 7. The third kappa shape index (κ3) is 3.98. The van der Waals surface area contributed by atoms with E-state index in [2.05, 4.69) is 5.32 Å². The van der Waals surface area contributed by atoms with Gasteiger partial charge in [-0.1, -0.05) is 18.2 Å². The van der Waals surface area contributed by atoms with Gasteiger partial charge >= 0.3 is 0 Å². The minimum absolute atomic E-state index is 0.152. The molecular formula is C14H21NO3. The summed E-state index contributed by atoms with van der Waals surface area (Å²) in [7, 11) is 0. The van der Waals surface area contributed by atoms with E-state index < -0.39 is 0 Å². The second kappa shape index (κ2) is 7.36. The molecule has 4 nitrogen and oxygen atoms in total. The molecule has 1 atom stereocenters. The number of benzene rings is 1. The van der Waals surface area contributed by atoms with Crippen LogP contribution in [0.25, 0.3) is 0 Å². The van der Waals surface area contributed by atoms with Gasteiger partial charge in [0.05, 0.1) is 12.7 Å². The SMILES string of the molecule is OCCNCc1ccccc1OCC1CCCO1. The lowest BCUT2D eigenvalue weighted by Gasteiger charge is -2.14. The van der Waals surface area contributed by atoms with Crippen LogP contribution in [0.1, 0.15) is 18.4 Å². The van der Waals surface area contributed by atoms with Gasteiger partial charge < -0.3 is 19.9 Å². The summed E-state index contributed by atoms with van der Waals surface area (Å²) in [6.45, 7) is 2.94. The molecule has 1 aromatic carbocycles. The Morgan fingerprint density at radius 1 is 1.39 bits per heavy atom. The lowest BCUT2D eigenvalue weighted by molar-refractivity contribution is 0.0676. The van der Waals surface area contributed by atoms with Crippen molar-refractivity contribution >= 4 is 0 Å². The van der Waals surface area contributed by atoms with E-state index in [9.17, 15) is 0 Å². The Labute approximate surface area is 108 Å². The molecule has 0 aromatic heterocycles. The van der Waals surface area contributed by atoms with Gasteiger partial charge in [0.25, 0.3) is 0 Å². The van der Waals surface area contributed by atoms with E-state index in [-0.39, 0.29) is 12.7 Å². The molecule has 0 radical (unpaired) electrons. The standard InChI is InChI=1S/C14H21NO3/c16-8-7-15-10-12-4-1-2-6-14(12)18-11-13-5-3-9-17-13/h1-2,4,6,13,15-16H,3,5,7-11H2. The van der Waals surface area contributed by atoms with E-state index in [0.717, 1.165) is 30.8 Å². The summed E-state index contributed by atoms with van der Waals surface area (Å²) in [5.41, 5.74) is 1.11. The zero-order valence-corrected chi connectivity index (χ0v) is 10.6. The molecule has 1 aliphatic rings. The van der Waals surface area contributed by atoms with E-state index >= 15 is 0 Å². The van der Waals surface area contributed by atoms with Crippen molar-refractivity contribution in [2.24, 2.45) is 0 Å². The van der Waals surface area contributed by atoms with E-state index in [0.29, 0.717) is 19.7 Å². The highest BCUT2D eigenvalue weighted by atomic mass is 16.5. The van der Waals surface area contributed by atoms with Crippen LogP contribution in [0, 0.1) is 0 Å². The maximum Gasteiger partial charge on any atom is 0.123 e. The van der Waals surface area contributed by atoms with Crippen molar-refractivity contribution in [2.75, 3.05) is 26.4 Å². The fourth-order valence-electron chi connectivity index (χ4n) is 2.05. The summed E-state index contributed by atoms with van der Waals surface area (Å²) in [4.78, 5) is 0. The largest absolute Gasteiger partial charge is 0.491 e. The Morgan fingerprint density at radius 3 is 3.06 bits per heavy atom. The van der Waals surface area contributed by atoms with Crippen LogP contribution >= 0.6 is 0 Å². The molecular weight excluding hydrogens is 230 g/mol. The van der Waals surface area contributed by atoms with Crippen LogP contribution in [0.4, 0.5) is 0 Å². The van der Waals surface area contributed by atoms with Gasteiger partial charge in [-0.25, -0.2) is 0 Å². The average Bonchev–Trinajstić information content (AvgIpc) is 2.91. The van der Waals surface area contributed by atoms with Gasteiger partial charge in [0, 0.05) is 25.3 Å². The van der Waals surface area contributed by atoms with Gasteiger partial charge in [0.2, 0.25) is 0 Å². The van der Waals surface area contributed by atoms with Gasteiger partial charge in [-0.15, -0.1) is 0 Å². The van der Waals surface area contributed by atoms with Crippen molar-refractivity contribution in [3.8, 4) is 5.75 Å². The van der Waals surface area contributed by atoms with Crippen molar-refractivity contribution < 1.29 is 14.6 Å². The second-order valence-corrected chi connectivity index (χ2v) is 4.45. The highest BCUT2D eigenvalue weighted by Gasteiger charge is 2.16. The first-order valence-corrected chi connectivity index (χ1v) is 6.54. The fraction of sp³-hybridized carbons (Fsp3) is 0.571. The molecule has 1 saturated heterocycles. The van der Waals surface area contributed by atoms with Crippen LogP contribution in [0.2, 0.25) is 0 Å². The van der Waals surface area contributed by atoms with Crippen LogP contribution in [-0.2, 0) is 11.3 Å². The van der Waals surface area contributed by atoms with Gasteiger partial charge in [-0.3, -0.25) is 0 Å². The number of hydrogen-bond acceptors (Lipinski definition) is 4. The zero-order valence-electron chi connectivity index (χ0n) is 10.6. The first-order chi connectivity index (χ1) is 8.90. The van der Waals surface area contributed by atoms with Crippen LogP contribution in [0.3, 0.4) is 0 Å². The molecule has 2 N–H and O–H groups in total. The summed E-state index contributed by atoms with van der Waals surface area (Å²) in [6, 6.07) is 7.98. The Morgan fingerprint density at radius 2 is 2.28 bits per heavy atom. The lowest BCUT2D eigenvalue weighted by Crippen LogP contribution is -2.20. The molecule has 1 fully saturated rings. The predicted octanol–water partition coefficient (Wildman–Crippen LogP) is 1.33. The number of para-hydroxylation sites is 1. The molecule has 4 heteroatoms. The van der Waals surface area contributed by atoms with Crippen molar-refractivity contribution in [1.82, 2.24) is 5.32 Å². The Kier molecular flexibility index (Phi) is 5.45. The Bertz CT molecular complexity index is 351. The molecule has 1 aromatic rings. The Balaban J connectivity index is 1.85. The second-order valence-electron chi connectivity index (χ2n) is 4.45. The molecule has 0 spiro atoms. The molecule has 0 aliphatic carbocycles. The molecule has 0 amide bonds. The third-order valence-electron chi connectivity index (χ3n) is 3.03. The van der Waals surface area contributed by atoms with Crippen LogP contribution in [0.15, 0.2) is 24.3 Å². The first-order valence-electron chi connectivity index (χ1n) is 6.54. The number of aliphatic hydroxyl groups is 1. The molecule has 2 rings (SSSR count). The predicted molar refractivity (Wildman–Crippen MR) is 69.7 cm³/mol. The van der Waals surface area contributed by atoms with Crippen LogP contribution in [0.5, 0.6) is 5.75 Å². The van der Waals surface area contributed by atoms with E-state index in [1.807, 2.05) is 24.3 Å². The number of aliphatic hydroxyl groups excluding tert-OH is 1. The summed E-state index contributed by atoms with van der Waals surface area (Å²) in [5.74, 6) is 0.901. The van der Waals surface area contributed by atoms with E-state index in [4.69, 9.17) is 14.6 Å². The number of ether oxygens (including phenoxy) is 2. The van der Waals surface area contributed by atoms with Crippen LogP contribution in [-0.4, -0.2) is 37.6 Å². The normalized spacial score (nSPS) is 19.1. The molecule has 1 heterocycles. The molecule has 1 aliphatic heterocycles. The molecule has 1 unspecified atom stereocenters. The highest BCUT2D eigenvalue weighted by molar-refractivity contribution is 5.33. The molecule has 18 heavy (non-hydrogen) atoms. The topological polar surface area (TPSA) is 50.7 Å². The average molecular weight is 251 g/mol. The van der Waals surface area contributed by atoms with Gasteiger partial charge in [0.1, 0.15) is 12.4 Å². The summed E-state index contributed by atoms with van der Waals surface area (Å²) in [5, 5.41) is 11.9. The fourth-order valence-corrected chi connectivity index (χ4v) is 2.05. The monoisotopic (exact) mass is 251 g/mol. The number of nitrogens with one attached hydrogen (secondary N) is 1. The number of hydrogen-bond donors (Lipinski definition) is 2. The van der Waals surface area contributed by atoms with Gasteiger partial charge in [-0.2, -0.15) is 0 Å². The smallest absolute Gasteiger partial charge is 0.123 e. The van der Waals surface area contributed by atoms with Crippen molar-refractivity contribution in [2.45, 2.75) is 25.5 Å². The lowest BCUT2D eigenvalue weighted by atomic mass is 10.2. The third-order valence-corrected chi connectivity index (χ3v) is 3.03. The zero-order chi connectivity index (χ0) is 12.6. The highest BCUT2D eigenvalue weighted by Crippen LogP contribution is 2.20. The quantitative estimate of drug-likeness (QED) is 0.718. The van der Waals surface area contributed by atoms with E-state index in [1.54, 1.807) is 0 Å². The minimum atomic E-state index is 0.152. The molecule has 100 valence electrons. The van der Waals surface area contributed by atoms with Gasteiger partial charge in [0.15, 0.2) is 0 Å². The molecule has 0 saturated carbocycles. The first kappa shape index (κ1) is 13.3. The van der Waals surface area contributed by atoms with E-state index in [1.165, 1.54) is 0 Å². The maximum absolute atomic E-state index is 8.75. The summed E-state index contributed by atoms with van der Waals surface area (Å²) < 4.78 is 11.4. The van der Waals surface area contributed by atoms with Gasteiger partial charge in [-0.05, 0) is 18.9 Å². The summed E-state index contributed by atoms with van der Waals surface area (Å²) >= 11 is 0. The Hall–Kier alpha value is -1.10. The maximum atomic E-state index is 8.75. The van der Waals surface area contributed by atoms with Crippen molar-refractivity contribution in [3.63, 3.8) is 0 Å². The minimum Gasteiger partial charge on any atom is -0.491 e. The summed E-state index contributed by atoms with van der Waals surface area (Å²) in [6.07, 6.45) is 2.46.